The van der Waals surface area contributed by atoms with E-state index < -0.39 is 6.10 Å². The number of ketones is 1. The van der Waals surface area contributed by atoms with Gasteiger partial charge < -0.3 is 14.9 Å². The molecule has 0 amide bonds. The highest BCUT2D eigenvalue weighted by molar-refractivity contribution is 5.84. The summed E-state index contributed by atoms with van der Waals surface area (Å²) in [7, 11) is 0. The van der Waals surface area contributed by atoms with Crippen LogP contribution in [0.15, 0.2) is 0 Å². The lowest BCUT2D eigenvalue weighted by Gasteiger charge is -2.22. The SMILES string of the molecule is CCCCCC(O)CC[C@H]1[C@H](O)CC(=O)[C@H]1CCC(=O)OCC. The van der Waals surface area contributed by atoms with Crippen LogP contribution in [-0.4, -0.2) is 40.8 Å². The van der Waals surface area contributed by atoms with Crippen LogP contribution in [0.5, 0.6) is 0 Å². The van der Waals surface area contributed by atoms with Crippen LogP contribution in [-0.2, 0) is 14.3 Å². The van der Waals surface area contributed by atoms with Gasteiger partial charge in [-0.1, -0.05) is 26.2 Å². The minimum absolute atomic E-state index is 0.0345. The van der Waals surface area contributed by atoms with Crippen molar-refractivity contribution < 1.29 is 24.5 Å². The first-order valence-corrected chi connectivity index (χ1v) is 9.04. The third-order valence-electron chi connectivity index (χ3n) is 4.77. The number of aliphatic hydroxyl groups excluding tert-OH is 2. The fourth-order valence-corrected chi connectivity index (χ4v) is 3.45. The van der Waals surface area contributed by atoms with E-state index in [0.29, 0.717) is 25.9 Å². The molecule has 23 heavy (non-hydrogen) atoms. The predicted molar refractivity (Wildman–Crippen MR) is 87.9 cm³/mol. The van der Waals surface area contributed by atoms with Crippen molar-refractivity contribution in [1.82, 2.24) is 0 Å². The topological polar surface area (TPSA) is 83.8 Å². The summed E-state index contributed by atoms with van der Waals surface area (Å²) in [6.07, 6.45) is 5.08. The molecule has 1 aliphatic carbocycles. The molecule has 1 rings (SSSR count). The van der Waals surface area contributed by atoms with Crippen molar-refractivity contribution in [1.29, 1.82) is 0 Å². The van der Waals surface area contributed by atoms with E-state index in [-0.39, 0.29) is 42.5 Å². The van der Waals surface area contributed by atoms with E-state index in [9.17, 15) is 19.8 Å². The number of rotatable bonds is 11. The van der Waals surface area contributed by atoms with Crippen LogP contribution < -0.4 is 0 Å². The fraction of sp³-hybridized carbons (Fsp3) is 0.889. The molecule has 4 atom stereocenters. The molecule has 0 bridgehead atoms. The number of hydrogen-bond acceptors (Lipinski definition) is 5. The Bertz CT molecular complexity index is 368. The second-order valence-corrected chi connectivity index (χ2v) is 6.58. The maximum absolute atomic E-state index is 12.0. The zero-order valence-corrected chi connectivity index (χ0v) is 14.5. The molecule has 1 aliphatic rings. The summed E-state index contributed by atoms with van der Waals surface area (Å²) in [6.45, 7) is 4.22. The Balaban J connectivity index is 2.43. The second-order valence-electron chi connectivity index (χ2n) is 6.58. The average molecular weight is 328 g/mol. The average Bonchev–Trinajstić information content (AvgIpc) is 2.77. The minimum atomic E-state index is -0.641. The Morgan fingerprint density at radius 2 is 2.00 bits per heavy atom. The Morgan fingerprint density at radius 1 is 1.26 bits per heavy atom. The van der Waals surface area contributed by atoms with Crippen LogP contribution in [0, 0.1) is 11.8 Å². The number of unbranched alkanes of at least 4 members (excludes halogenated alkanes) is 2. The van der Waals surface area contributed by atoms with Gasteiger partial charge in [0.15, 0.2) is 0 Å². The third-order valence-corrected chi connectivity index (χ3v) is 4.77. The molecule has 1 fully saturated rings. The summed E-state index contributed by atoms with van der Waals surface area (Å²) < 4.78 is 4.90. The van der Waals surface area contributed by atoms with Gasteiger partial charge in [-0.05, 0) is 38.5 Å². The Morgan fingerprint density at radius 3 is 2.65 bits per heavy atom. The van der Waals surface area contributed by atoms with Crippen molar-refractivity contribution in [2.24, 2.45) is 11.8 Å². The van der Waals surface area contributed by atoms with Crippen molar-refractivity contribution >= 4 is 11.8 Å². The standard InChI is InChI=1S/C18H32O5/c1-3-5-6-7-13(19)8-9-14-15(17(21)12-16(14)20)10-11-18(22)23-4-2/h13-16,19-20H,3-12H2,1-2H3/t13?,14-,15+,16-/m1/s1. The number of carbonyl (C=O) groups excluding carboxylic acids is 2. The van der Waals surface area contributed by atoms with Crippen LogP contribution in [0.4, 0.5) is 0 Å². The number of Topliss-reactive ketones (excluding diaryl/α,β-unsaturated/α-hetero) is 1. The summed E-state index contributed by atoms with van der Waals surface area (Å²) in [5, 5.41) is 20.1. The number of aliphatic hydroxyl groups is 2. The number of ether oxygens (including phenoxy) is 1. The molecule has 0 heterocycles. The van der Waals surface area contributed by atoms with Crippen LogP contribution in [0.3, 0.4) is 0 Å². The monoisotopic (exact) mass is 328 g/mol. The lowest BCUT2D eigenvalue weighted by atomic mass is 9.85. The van der Waals surface area contributed by atoms with E-state index in [4.69, 9.17) is 4.74 Å². The maximum Gasteiger partial charge on any atom is 0.305 e. The fourth-order valence-electron chi connectivity index (χ4n) is 3.45. The van der Waals surface area contributed by atoms with Crippen LogP contribution in [0.25, 0.3) is 0 Å². The van der Waals surface area contributed by atoms with Crippen molar-refractivity contribution in [2.45, 2.75) is 83.8 Å². The molecule has 0 spiro atoms. The highest BCUT2D eigenvalue weighted by atomic mass is 16.5. The molecule has 5 nitrogen and oxygen atoms in total. The van der Waals surface area contributed by atoms with Gasteiger partial charge in [-0.2, -0.15) is 0 Å². The summed E-state index contributed by atoms with van der Waals surface area (Å²) in [5.41, 5.74) is 0. The van der Waals surface area contributed by atoms with E-state index in [2.05, 4.69) is 6.92 Å². The lowest BCUT2D eigenvalue weighted by molar-refractivity contribution is -0.143. The van der Waals surface area contributed by atoms with Crippen LogP contribution in [0.1, 0.15) is 71.6 Å². The van der Waals surface area contributed by atoms with E-state index in [0.717, 1.165) is 25.7 Å². The van der Waals surface area contributed by atoms with E-state index in [1.165, 1.54) is 0 Å². The summed E-state index contributed by atoms with van der Waals surface area (Å²) in [5.74, 6) is -0.678. The van der Waals surface area contributed by atoms with Crippen molar-refractivity contribution in [2.75, 3.05) is 6.61 Å². The summed E-state index contributed by atoms with van der Waals surface area (Å²) in [4.78, 5) is 23.5. The molecule has 134 valence electrons. The Hall–Kier alpha value is -0.940. The summed E-state index contributed by atoms with van der Waals surface area (Å²) in [6, 6.07) is 0. The van der Waals surface area contributed by atoms with Crippen molar-refractivity contribution in [3.8, 4) is 0 Å². The zero-order chi connectivity index (χ0) is 17.2. The molecule has 0 aromatic carbocycles. The first kappa shape index (κ1) is 20.1. The van der Waals surface area contributed by atoms with E-state index >= 15 is 0 Å². The molecule has 2 N–H and O–H groups in total. The second kappa shape index (κ2) is 10.8. The first-order chi connectivity index (χ1) is 11.0. The molecule has 5 heteroatoms. The molecule has 0 aromatic heterocycles. The van der Waals surface area contributed by atoms with Crippen molar-refractivity contribution in [3.63, 3.8) is 0 Å². The number of carbonyl (C=O) groups is 2. The highest BCUT2D eigenvalue weighted by Gasteiger charge is 2.41. The quantitative estimate of drug-likeness (QED) is 0.450. The van der Waals surface area contributed by atoms with Crippen LogP contribution in [0.2, 0.25) is 0 Å². The van der Waals surface area contributed by atoms with Gasteiger partial charge in [0.2, 0.25) is 0 Å². The molecular formula is C18H32O5. The summed E-state index contributed by atoms with van der Waals surface area (Å²) >= 11 is 0. The van der Waals surface area contributed by atoms with Gasteiger partial charge in [-0.25, -0.2) is 0 Å². The minimum Gasteiger partial charge on any atom is -0.466 e. The predicted octanol–water partition coefficient (Wildman–Crippen LogP) is 2.62. The lowest BCUT2D eigenvalue weighted by Crippen LogP contribution is -2.23. The van der Waals surface area contributed by atoms with E-state index in [1.54, 1.807) is 6.92 Å². The van der Waals surface area contributed by atoms with Gasteiger partial charge in [-0.3, -0.25) is 9.59 Å². The van der Waals surface area contributed by atoms with Crippen molar-refractivity contribution in [3.05, 3.63) is 0 Å². The smallest absolute Gasteiger partial charge is 0.305 e. The molecule has 1 unspecified atom stereocenters. The Kier molecular flexibility index (Phi) is 9.41. The van der Waals surface area contributed by atoms with Gasteiger partial charge in [0.25, 0.3) is 0 Å². The van der Waals surface area contributed by atoms with Gasteiger partial charge >= 0.3 is 5.97 Å². The van der Waals surface area contributed by atoms with Gasteiger partial charge in [0, 0.05) is 18.8 Å². The normalized spacial score (nSPS) is 25.6. The molecule has 0 radical (unpaired) electrons. The van der Waals surface area contributed by atoms with Gasteiger partial charge in [-0.15, -0.1) is 0 Å². The highest BCUT2D eigenvalue weighted by Crippen LogP contribution is 2.36. The molecule has 0 aromatic rings. The first-order valence-electron chi connectivity index (χ1n) is 9.04. The molecular weight excluding hydrogens is 296 g/mol. The Labute approximate surface area is 139 Å². The largest absolute Gasteiger partial charge is 0.466 e. The zero-order valence-electron chi connectivity index (χ0n) is 14.5. The number of esters is 1. The van der Waals surface area contributed by atoms with Gasteiger partial charge in [0.1, 0.15) is 5.78 Å². The van der Waals surface area contributed by atoms with E-state index in [1.807, 2.05) is 0 Å². The molecule has 0 saturated heterocycles. The number of hydrogen-bond donors (Lipinski definition) is 2. The third kappa shape index (κ3) is 7.00. The van der Waals surface area contributed by atoms with Crippen LogP contribution >= 0.6 is 0 Å². The maximum atomic E-state index is 12.0. The van der Waals surface area contributed by atoms with Gasteiger partial charge in [0.05, 0.1) is 18.8 Å². The molecule has 0 aliphatic heterocycles. The molecule has 1 saturated carbocycles.